The first-order valence-electron chi connectivity index (χ1n) is 10.5. The van der Waals surface area contributed by atoms with Crippen molar-refractivity contribution in [3.8, 4) is 11.5 Å². The van der Waals surface area contributed by atoms with Gasteiger partial charge in [0.2, 0.25) is 10.0 Å². The molecule has 31 heavy (non-hydrogen) atoms. The van der Waals surface area contributed by atoms with E-state index in [4.69, 9.17) is 9.47 Å². The molecule has 0 atom stereocenters. The third kappa shape index (κ3) is 6.21. The molecule has 0 unspecified atom stereocenters. The van der Waals surface area contributed by atoms with Gasteiger partial charge in [0.05, 0.1) is 13.2 Å². The van der Waals surface area contributed by atoms with E-state index in [-0.39, 0.29) is 34.3 Å². The van der Waals surface area contributed by atoms with Gasteiger partial charge in [-0.2, -0.15) is 0 Å². The van der Waals surface area contributed by atoms with Gasteiger partial charge in [-0.3, -0.25) is 4.79 Å². The fourth-order valence-electron chi connectivity index (χ4n) is 3.60. The summed E-state index contributed by atoms with van der Waals surface area (Å²) in [6.07, 6.45) is 3.76. The van der Waals surface area contributed by atoms with Gasteiger partial charge in [0.15, 0.2) is 0 Å². The van der Waals surface area contributed by atoms with Crippen molar-refractivity contribution in [2.75, 3.05) is 7.11 Å². The molecule has 2 aromatic rings. The van der Waals surface area contributed by atoms with Gasteiger partial charge in [0, 0.05) is 18.2 Å². The van der Waals surface area contributed by atoms with E-state index < -0.39 is 10.0 Å². The summed E-state index contributed by atoms with van der Waals surface area (Å²) in [6, 6.07) is 11.8. The summed E-state index contributed by atoms with van der Waals surface area (Å²) in [7, 11) is -2.38. The molecular formula is C23H30N2O5S. The number of carbonyl (C=O) groups excluding carboxylic acids is 1. The minimum Gasteiger partial charge on any atom is -0.495 e. The topological polar surface area (TPSA) is 93.7 Å². The minimum absolute atomic E-state index is 0.0234. The zero-order valence-electron chi connectivity index (χ0n) is 18.2. The number of methoxy groups -OCH3 is 1. The fraction of sp³-hybridized carbons (Fsp3) is 0.435. The van der Waals surface area contributed by atoms with E-state index in [0.717, 1.165) is 37.0 Å². The van der Waals surface area contributed by atoms with E-state index in [0.29, 0.717) is 6.54 Å². The van der Waals surface area contributed by atoms with Crippen molar-refractivity contribution >= 4 is 15.9 Å². The zero-order valence-corrected chi connectivity index (χ0v) is 19.0. The molecule has 1 amide bonds. The number of sulfonamides is 1. The smallest absolute Gasteiger partial charge is 0.251 e. The molecule has 168 valence electrons. The predicted molar refractivity (Wildman–Crippen MR) is 119 cm³/mol. The number of ether oxygens (including phenoxy) is 2. The average Bonchev–Trinajstić information content (AvgIpc) is 3.24. The van der Waals surface area contributed by atoms with Crippen molar-refractivity contribution in [1.29, 1.82) is 0 Å². The maximum atomic E-state index is 12.9. The number of hydrogen-bond acceptors (Lipinski definition) is 5. The SMILES string of the molecule is COc1ccc(C(=O)NCc2ccc(OC(C)C)cc2)cc1S(=O)(=O)NC1CCCC1. The Morgan fingerprint density at radius 3 is 2.39 bits per heavy atom. The second-order valence-corrected chi connectivity index (χ2v) is 9.64. The highest BCUT2D eigenvalue weighted by Crippen LogP contribution is 2.27. The summed E-state index contributed by atoms with van der Waals surface area (Å²) in [4.78, 5) is 12.6. The van der Waals surface area contributed by atoms with E-state index >= 15 is 0 Å². The first-order chi connectivity index (χ1) is 14.8. The van der Waals surface area contributed by atoms with Gasteiger partial charge >= 0.3 is 0 Å². The van der Waals surface area contributed by atoms with Gasteiger partial charge in [-0.25, -0.2) is 13.1 Å². The lowest BCUT2D eigenvalue weighted by molar-refractivity contribution is 0.0950. The highest BCUT2D eigenvalue weighted by molar-refractivity contribution is 7.89. The Morgan fingerprint density at radius 2 is 1.77 bits per heavy atom. The van der Waals surface area contributed by atoms with Gasteiger partial charge < -0.3 is 14.8 Å². The largest absolute Gasteiger partial charge is 0.495 e. The third-order valence-corrected chi connectivity index (χ3v) is 6.68. The van der Waals surface area contributed by atoms with Crippen molar-refractivity contribution in [3.05, 3.63) is 53.6 Å². The molecule has 7 nitrogen and oxygen atoms in total. The summed E-state index contributed by atoms with van der Waals surface area (Å²) in [5, 5.41) is 2.83. The molecule has 1 fully saturated rings. The van der Waals surface area contributed by atoms with E-state index in [1.807, 2.05) is 38.1 Å². The first kappa shape index (κ1) is 23.1. The van der Waals surface area contributed by atoms with Gasteiger partial charge in [0.25, 0.3) is 5.91 Å². The first-order valence-corrected chi connectivity index (χ1v) is 12.0. The minimum atomic E-state index is -3.79. The molecule has 2 N–H and O–H groups in total. The van der Waals surface area contributed by atoms with Gasteiger partial charge in [-0.05, 0) is 62.6 Å². The number of rotatable bonds is 9. The van der Waals surface area contributed by atoms with Crippen LogP contribution in [-0.2, 0) is 16.6 Å². The standard InChI is InChI=1S/C23H30N2O5S/c1-16(2)30-20-11-8-17(9-12-20)15-24-23(26)18-10-13-21(29-3)22(14-18)31(27,28)25-19-6-4-5-7-19/h8-14,16,19,25H,4-7,15H2,1-3H3,(H,24,26). The van der Waals surface area contributed by atoms with E-state index in [9.17, 15) is 13.2 Å². The molecule has 0 aromatic heterocycles. The number of amides is 1. The molecule has 1 aliphatic carbocycles. The highest BCUT2D eigenvalue weighted by Gasteiger charge is 2.26. The molecule has 1 aliphatic rings. The molecule has 8 heteroatoms. The summed E-state index contributed by atoms with van der Waals surface area (Å²) in [6.45, 7) is 4.23. The number of hydrogen-bond donors (Lipinski definition) is 2. The molecule has 0 radical (unpaired) electrons. The van der Waals surface area contributed by atoms with Gasteiger partial charge in [0.1, 0.15) is 16.4 Å². The Kier molecular flexibility index (Phi) is 7.56. The van der Waals surface area contributed by atoms with Crippen LogP contribution in [0.15, 0.2) is 47.4 Å². The van der Waals surface area contributed by atoms with Gasteiger partial charge in [-0.1, -0.05) is 25.0 Å². The molecule has 2 aromatic carbocycles. The maximum absolute atomic E-state index is 12.9. The van der Waals surface area contributed by atoms with Crippen LogP contribution >= 0.6 is 0 Å². The summed E-state index contributed by atoms with van der Waals surface area (Å²) < 4.78 is 39.4. The van der Waals surface area contributed by atoms with Crippen LogP contribution in [0.3, 0.4) is 0 Å². The van der Waals surface area contributed by atoms with Crippen molar-refractivity contribution in [3.63, 3.8) is 0 Å². The molecule has 0 aliphatic heterocycles. The van der Waals surface area contributed by atoms with Crippen LogP contribution in [0.5, 0.6) is 11.5 Å². The van der Waals surface area contributed by atoms with Crippen LogP contribution in [0.1, 0.15) is 55.5 Å². The Balaban J connectivity index is 1.70. The quantitative estimate of drug-likeness (QED) is 0.613. The van der Waals surface area contributed by atoms with Crippen molar-refractivity contribution in [2.45, 2.75) is 63.1 Å². The molecule has 0 spiro atoms. The van der Waals surface area contributed by atoms with Gasteiger partial charge in [-0.15, -0.1) is 0 Å². The molecule has 0 heterocycles. The number of nitrogens with one attached hydrogen (secondary N) is 2. The average molecular weight is 447 g/mol. The van der Waals surface area contributed by atoms with Crippen LogP contribution in [0.25, 0.3) is 0 Å². The normalized spacial score (nSPS) is 14.6. The molecule has 0 saturated heterocycles. The summed E-state index contributed by atoms with van der Waals surface area (Å²) in [5.74, 6) is 0.620. The lowest BCUT2D eigenvalue weighted by Gasteiger charge is -2.16. The number of carbonyl (C=O) groups is 1. The Labute approximate surface area is 184 Å². The molecule has 3 rings (SSSR count). The van der Waals surface area contributed by atoms with Crippen molar-refractivity contribution < 1.29 is 22.7 Å². The van der Waals surface area contributed by atoms with Crippen LogP contribution in [-0.4, -0.2) is 33.6 Å². The maximum Gasteiger partial charge on any atom is 0.251 e. The fourth-order valence-corrected chi connectivity index (χ4v) is 5.10. The monoisotopic (exact) mass is 446 g/mol. The highest BCUT2D eigenvalue weighted by atomic mass is 32.2. The van der Waals surface area contributed by atoms with Crippen molar-refractivity contribution in [1.82, 2.24) is 10.0 Å². The summed E-state index contributed by atoms with van der Waals surface area (Å²) >= 11 is 0. The third-order valence-electron chi connectivity index (χ3n) is 5.14. The Morgan fingerprint density at radius 1 is 1.10 bits per heavy atom. The lowest BCUT2D eigenvalue weighted by Crippen LogP contribution is -2.33. The molecule has 1 saturated carbocycles. The van der Waals surface area contributed by atoms with E-state index in [2.05, 4.69) is 10.0 Å². The zero-order chi connectivity index (χ0) is 22.4. The molecule has 0 bridgehead atoms. The van der Waals surface area contributed by atoms with Crippen LogP contribution in [0.4, 0.5) is 0 Å². The lowest BCUT2D eigenvalue weighted by atomic mass is 10.2. The van der Waals surface area contributed by atoms with Crippen LogP contribution < -0.4 is 19.5 Å². The summed E-state index contributed by atoms with van der Waals surface area (Å²) in [5.41, 5.74) is 1.17. The van der Waals surface area contributed by atoms with E-state index in [1.165, 1.54) is 19.2 Å². The Bertz CT molecular complexity index is 997. The number of benzene rings is 2. The van der Waals surface area contributed by atoms with Crippen LogP contribution in [0, 0.1) is 0 Å². The Hall–Kier alpha value is -2.58. The van der Waals surface area contributed by atoms with E-state index in [1.54, 1.807) is 6.07 Å². The molecular weight excluding hydrogens is 416 g/mol. The second kappa shape index (κ2) is 10.2. The predicted octanol–water partition coefficient (Wildman–Crippen LogP) is 3.63. The van der Waals surface area contributed by atoms with Crippen molar-refractivity contribution in [2.24, 2.45) is 0 Å². The van der Waals surface area contributed by atoms with Crippen LogP contribution in [0.2, 0.25) is 0 Å². The second-order valence-electron chi connectivity index (χ2n) is 7.96.